The molecule has 4 aromatic rings. The van der Waals surface area contributed by atoms with Crippen LogP contribution < -0.4 is 14.2 Å². The molecule has 0 spiro atoms. The monoisotopic (exact) mass is 368 g/mol. The van der Waals surface area contributed by atoms with Gasteiger partial charge in [-0.05, 0) is 29.8 Å². The minimum Gasteiger partial charge on any atom is -0.504 e. The number of hydrogen-bond acceptors (Lipinski definition) is 4. The molecular formula is C24H16O4. The van der Waals surface area contributed by atoms with E-state index in [1.54, 1.807) is 0 Å². The summed E-state index contributed by atoms with van der Waals surface area (Å²) in [6.45, 7) is 0. The summed E-state index contributed by atoms with van der Waals surface area (Å²) >= 11 is 0. The van der Waals surface area contributed by atoms with Crippen LogP contribution in [0.1, 0.15) is 0 Å². The Bertz CT molecular complexity index is 1120. The second kappa shape index (κ2) is 6.67. The van der Waals surface area contributed by atoms with Crippen LogP contribution in [0.4, 0.5) is 0 Å². The van der Waals surface area contributed by atoms with Crippen molar-refractivity contribution in [3.8, 4) is 51.4 Å². The van der Waals surface area contributed by atoms with E-state index in [1.807, 2.05) is 91.0 Å². The highest BCUT2D eigenvalue weighted by atomic mass is 16.6. The van der Waals surface area contributed by atoms with Gasteiger partial charge >= 0.3 is 0 Å². The summed E-state index contributed by atoms with van der Waals surface area (Å²) in [7, 11) is 0. The predicted octanol–water partition coefficient (Wildman–Crippen LogP) is 6.75. The number of phenols is 1. The third kappa shape index (κ3) is 2.72. The van der Waals surface area contributed by atoms with Crippen molar-refractivity contribution in [1.29, 1.82) is 0 Å². The van der Waals surface area contributed by atoms with Gasteiger partial charge in [-0.3, -0.25) is 0 Å². The Hall–Kier alpha value is -3.92. The van der Waals surface area contributed by atoms with Crippen LogP contribution in [-0.4, -0.2) is 5.11 Å². The largest absolute Gasteiger partial charge is 0.504 e. The van der Waals surface area contributed by atoms with Crippen molar-refractivity contribution in [2.75, 3.05) is 0 Å². The van der Waals surface area contributed by atoms with E-state index in [0.29, 0.717) is 40.1 Å². The van der Waals surface area contributed by atoms with Crippen LogP contribution in [0.25, 0.3) is 11.1 Å². The van der Waals surface area contributed by atoms with Gasteiger partial charge in [-0.25, -0.2) is 0 Å². The molecule has 0 aromatic heterocycles. The Balaban J connectivity index is 1.65. The van der Waals surface area contributed by atoms with Gasteiger partial charge in [0.15, 0.2) is 11.5 Å². The number of aromatic hydroxyl groups is 1. The number of rotatable bonds is 5. The molecule has 4 aromatic carbocycles. The van der Waals surface area contributed by atoms with Gasteiger partial charge in [0.25, 0.3) is 0 Å². The molecule has 5 rings (SSSR count). The molecule has 0 saturated heterocycles. The molecule has 0 aliphatic carbocycles. The van der Waals surface area contributed by atoms with Crippen molar-refractivity contribution in [3.05, 3.63) is 91.0 Å². The average molecular weight is 368 g/mol. The van der Waals surface area contributed by atoms with Crippen molar-refractivity contribution < 1.29 is 19.3 Å². The maximum absolute atomic E-state index is 10.9. The van der Waals surface area contributed by atoms with E-state index in [4.69, 9.17) is 14.2 Å². The molecular weight excluding hydrogens is 352 g/mol. The molecule has 28 heavy (non-hydrogen) atoms. The molecule has 1 aliphatic rings. The average Bonchev–Trinajstić information content (AvgIpc) is 2.73. The number of benzene rings is 4. The number of fused-ring (bicyclic) bond motifs is 2. The van der Waals surface area contributed by atoms with Gasteiger partial charge in [-0.15, -0.1) is 0 Å². The van der Waals surface area contributed by atoms with Crippen molar-refractivity contribution >= 4 is 0 Å². The lowest BCUT2D eigenvalue weighted by Crippen LogP contribution is -2.06. The normalized spacial score (nSPS) is 11.3. The maximum Gasteiger partial charge on any atom is 0.220 e. The third-order valence-electron chi connectivity index (χ3n) is 4.49. The summed E-state index contributed by atoms with van der Waals surface area (Å²) in [5, 5.41) is 10.9. The lowest BCUT2D eigenvalue weighted by molar-refractivity contribution is 0.302. The predicted molar refractivity (Wildman–Crippen MR) is 107 cm³/mol. The number of hydrogen-bond donors (Lipinski definition) is 1. The van der Waals surface area contributed by atoms with Crippen LogP contribution in [-0.2, 0) is 0 Å². The van der Waals surface area contributed by atoms with Crippen LogP contribution in [0, 0.1) is 0 Å². The zero-order valence-electron chi connectivity index (χ0n) is 14.8. The topological polar surface area (TPSA) is 47.9 Å². The lowest BCUT2D eigenvalue weighted by atomic mass is 9.99. The molecule has 0 radical (unpaired) electrons. The van der Waals surface area contributed by atoms with Gasteiger partial charge in [0.1, 0.15) is 11.5 Å². The third-order valence-corrected chi connectivity index (χ3v) is 4.49. The van der Waals surface area contributed by atoms with E-state index in [0.717, 1.165) is 5.56 Å². The summed E-state index contributed by atoms with van der Waals surface area (Å²) in [5.41, 5.74) is 1.42. The number of para-hydroxylation sites is 2. The molecule has 136 valence electrons. The van der Waals surface area contributed by atoms with Crippen molar-refractivity contribution in [3.63, 3.8) is 0 Å². The second-order valence-electron chi connectivity index (χ2n) is 6.34. The molecule has 0 saturated carbocycles. The molecule has 4 nitrogen and oxygen atoms in total. The van der Waals surface area contributed by atoms with Crippen LogP contribution in [0.2, 0.25) is 0 Å². The highest BCUT2D eigenvalue weighted by Gasteiger charge is 2.38. The van der Waals surface area contributed by atoms with E-state index in [1.165, 1.54) is 0 Å². The van der Waals surface area contributed by atoms with Crippen molar-refractivity contribution in [2.45, 2.75) is 0 Å². The molecule has 0 atom stereocenters. The van der Waals surface area contributed by atoms with Gasteiger partial charge in [0, 0.05) is 0 Å². The number of phenolic OH excluding ortho intramolecular Hbond substituents is 1. The first-order valence-electron chi connectivity index (χ1n) is 8.93. The highest BCUT2D eigenvalue weighted by Crippen LogP contribution is 2.66. The van der Waals surface area contributed by atoms with Crippen molar-refractivity contribution in [2.24, 2.45) is 0 Å². The summed E-state index contributed by atoms with van der Waals surface area (Å²) < 4.78 is 17.8. The molecule has 1 aliphatic heterocycles. The summed E-state index contributed by atoms with van der Waals surface area (Å²) in [6, 6.07) is 28.4. The summed E-state index contributed by atoms with van der Waals surface area (Å²) in [4.78, 5) is 0. The highest BCUT2D eigenvalue weighted by molar-refractivity contribution is 5.90. The Kier molecular flexibility index (Phi) is 3.87. The van der Waals surface area contributed by atoms with E-state index >= 15 is 0 Å². The van der Waals surface area contributed by atoms with Gasteiger partial charge < -0.3 is 19.3 Å². The van der Waals surface area contributed by atoms with Crippen LogP contribution in [0.15, 0.2) is 91.0 Å². The van der Waals surface area contributed by atoms with Gasteiger partial charge in [0.2, 0.25) is 17.2 Å². The van der Waals surface area contributed by atoms with Crippen LogP contribution in [0.3, 0.4) is 0 Å². The number of ether oxygens (including phenoxy) is 3. The summed E-state index contributed by atoms with van der Waals surface area (Å²) in [5.74, 6) is 2.98. The molecule has 0 fully saturated rings. The maximum atomic E-state index is 10.9. The van der Waals surface area contributed by atoms with Crippen molar-refractivity contribution in [1.82, 2.24) is 0 Å². The Morgan fingerprint density at radius 2 is 1.07 bits per heavy atom. The fourth-order valence-corrected chi connectivity index (χ4v) is 3.17. The van der Waals surface area contributed by atoms with Gasteiger partial charge in [-0.1, -0.05) is 66.7 Å². The Labute approximate surface area is 162 Å². The van der Waals surface area contributed by atoms with Gasteiger partial charge in [-0.2, -0.15) is 0 Å². The van der Waals surface area contributed by atoms with E-state index in [-0.39, 0.29) is 5.75 Å². The zero-order chi connectivity index (χ0) is 18.9. The van der Waals surface area contributed by atoms with E-state index in [9.17, 15) is 5.11 Å². The minimum atomic E-state index is -0.00179. The fourth-order valence-electron chi connectivity index (χ4n) is 3.17. The first kappa shape index (κ1) is 16.3. The van der Waals surface area contributed by atoms with E-state index < -0.39 is 0 Å². The summed E-state index contributed by atoms with van der Waals surface area (Å²) in [6.07, 6.45) is 0. The quantitative estimate of drug-likeness (QED) is 0.373. The SMILES string of the molecule is Oc1c2c(Oc3ccccc3)c(c(Oc3ccccc3)c1-c1ccccc1)O2. The first-order valence-corrected chi connectivity index (χ1v) is 8.93. The zero-order valence-corrected chi connectivity index (χ0v) is 14.8. The second-order valence-corrected chi connectivity index (χ2v) is 6.34. The Morgan fingerprint density at radius 1 is 0.571 bits per heavy atom. The smallest absolute Gasteiger partial charge is 0.220 e. The lowest BCUT2D eigenvalue weighted by Gasteiger charge is -2.29. The molecule has 1 N–H and O–H groups in total. The molecule has 4 heteroatoms. The molecule has 1 heterocycles. The molecule has 2 bridgehead atoms. The minimum absolute atomic E-state index is 0.00179. The molecule has 0 amide bonds. The Morgan fingerprint density at radius 3 is 1.64 bits per heavy atom. The molecule has 0 unspecified atom stereocenters. The van der Waals surface area contributed by atoms with Crippen LogP contribution >= 0.6 is 0 Å². The van der Waals surface area contributed by atoms with Crippen LogP contribution in [0.5, 0.6) is 40.2 Å². The first-order chi connectivity index (χ1) is 13.8. The van der Waals surface area contributed by atoms with E-state index in [2.05, 4.69) is 0 Å². The standard InChI is InChI=1S/C24H16O4/c25-20-19(16-10-4-1-5-11-16)21(26-17-12-6-2-7-13-17)23-24(22(20)28-23)27-18-14-8-3-9-15-18/h1-15,25H. The fraction of sp³-hybridized carbons (Fsp3) is 0. The van der Waals surface area contributed by atoms with Gasteiger partial charge in [0.05, 0.1) is 5.56 Å².